The minimum absolute atomic E-state index is 0.207. The van der Waals surface area contributed by atoms with Crippen molar-refractivity contribution in [3.63, 3.8) is 0 Å². The number of furan rings is 1. The van der Waals surface area contributed by atoms with Crippen LogP contribution in [0.1, 0.15) is 24.3 Å². The summed E-state index contributed by atoms with van der Waals surface area (Å²) in [5.41, 5.74) is 1.11. The van der Waals surface area contributed by atoms with Gasteiger partial charge >= 0.3 is 0 Å². The van der Waals surface area contributed by atoms with Gasteiger partial charge in [-0.1, -0.05) is 29.8 Å². The van der Waals surface area contributed by atoms with E-state index in [1.165, 1.54) is 0 Å². The van der Waals surface area contributed by atoms with Crippen LogP contribution in [0.5, 0.6) is 0 Å². The van der Waals surface area contributed by atoms with E-state index in [-0.39, 0.29) is 6.04 Å². The van der Waals surface area contributed by atoms with Crippen LogP contribution < -0.4 is 5.32 Å². The minimum atomic E-state index is 0.207. The predicted octanol–water partition coefficient (Wildman–Crippen LogP) is 3.78. The normalized spacial score (nSPS) is 12.6. The highest BCUT2D eigenvalue weighted by Gasteiger charge is 2.08. The van der Waals surface area contributed by atoms with Crippen LogP contribution in [0.3, 0.4) is 0 Å². The fourth-order valence-corrected chi connectivity index (χ4v) is 1.90. The summed E-state index contributed by atoms with van der Waals surface area (Å²) in [6.07, 6.45) is 1.68. The average molecular weight is 236 g/mol. The van der Waals surface area contributed by atoms with E-state index >= 15 is 0 Å². The van der Waals surface area contributed by atoms with Crippen molar-refractivity contribution in [1.82, 2.24) is 5.32 Å². The Labute approximate surface area is 100 Å². The molecule has 3 heteroatoms. The van der Waals surface area contributed by atoms with Crippen molar-refractivity contribution in [2.75, 3.05) is 0 Å². The van der Waals surface area contributed by atoms with Crippen LogP contribution in [0.2, 0.25) is 5.02 Å². The van der Waals surface area contributed by atoms with E-state index in [9.17, 15) is 0 Å². The first-order valence-corrected chi connectivity index (χ1v) is 5.65. The zero-order valence-electron chi connectivity index (χ0n) is 9.11. The number of rotatable bonds is 4. The molecule has 84 valence electrons. The maximum absolute atomic E-state index is 6.12. The average Bonchev–Trinajstić information content (AvgIpc) is 2.79. The first-order valence-electron chi connectivity index (χ1n) is 5.27. The van der Waals surface area contributed by atoms with E-state index in [0.717, 1.165) is 16.3 Å². The molecule has 2 rings (SSSR count). The Bertz CT molecular complexity index is 439. The van der Waals surface area contributed by atoms with E-state index in [1.807, 2.05) is 36.4 Å². The number of benzene rings is 1. The highest BCUT2D eigenvalue weighted by Crippen LogP contribution is 2.22. The summed E-state index contributed by atoms with van der Waals surface area (Å²) in [6.45, 7) is 2.80. The molecule has 0 unspecified atom stereocenters. The molecule has 2 nitrogen and oxygen atoms in total. The molecule has 1 aromatic carbocycles. The molecule has 2 aromatic rings. The van der Waals surface area contributed by atoms with Crippen LogP contribution in [0, 0.1) is 0 Å². The van der Waals surface area contributed by atoms with Gasteiger partial charge < -0.3 is 9.73 Å². The zero-order valence-corrected chi connectivity index (χ0v) is 9.87. The smallest absolute Gasteiger partial charge is 0.117 e. The standard InChI is InChI=1S/C13H14ClNO/c1-10(12-6-2-3-7-13(12)14)15-9-11-5-4-8-16-11/h2-8,10,15H,9H2,1H3/t10-/m0/s1. The lowest BCUT2D eigenvalue weighted by atomic mass is 10.1. The molecule has 0 amide bonds. The van der Waals surface area contributed by atoms with Gasteiger partial charge in [-0.2, -0.15) is 0 Å². The predicted molar refractivity (Wildman–Crippen MR) is 65.4 cm³/mol. The van der Waals surface area contributed by atoms with Gasteiger partial charge in [0, 0.05) is 11.1 Å². The number of hydrogen-bond donors (Lipinski definition) is 1. The second-order valence-electron chi connectivity index (χ2n) is 3.70. The summed E-state index contributed by atoms with van der Waals surface area (Å²) < 4.78 is 5.25. The van der Waals surface area contributed by atoms with Crippen molar-refractivity contribution < 1.29 is 4.42 Å². The third-order valence-electron chi connectivity index (χ3n) is 2.53. The fraction of sp³-hybridized carbons (Fsp3) is 0.231. The van der Waals surface area contributed by atoms with Crippen molar-refractivity contribution in [2.24, 2.45) is 0 Å². The molecule has 1 heterocycles. The number of halogens is 1. The van der Waals surface area contributed by atoms with Gasteiger partial charge in [-0.25, -0.2) is 0 Å². The van der Waals surface area contributed by atoms with Gasteiger partial charge in [0.25, 0.3) is 0 Å². The SMILES string of the molecule is C[C@H](NCc1ccco1)c1ccccc1Cl. The van der Waals surface area contributed by atoms with Gasteiger partial charge in [-0.05, 0) is 30.7 Å². The molecular formula is C13H14ClNO. The third-order valence-corrected chi connectivity index (χ3v) is 2.88. The van der Waals surface area contributed by atoms with Gasteiger partial charge in [0.2, 0.25) is 0 Å². The molecule has 0 aliphatic rings. The Hall–Kier alpha value is -1.25. The molecule has 0 radical (unpaired) electrons. The molecule has 0 fully saturated rings. The van der Waals surface area contributed by atoms with Crippen molar-refractivity contribution in [3.05, 3.63) is 59.0 Å². The van der Waals surface area contributed by atoms with E-state index in [1.54, 1.807) is 6.26 Å². The quantitative estimate of drug-likeness (QED) is 0.873. The zero-order chi connectivity index (χ0) is 11.4. The van der Waals surface area contributed by atoms with Gasteiger partial charge in [0.1, 0.15) is 5.76 Å². The largest absolute Gasteiger partial charge is 0.468 e. The minimum Gasteiger partial charge on any atom is -0.468 e. The molecule has 1 N–H and O–H groups in total. The summed E-state index contributed by atoms with van der Waals surface area (Å²) in [5.74, 6) is 0.930. The Morgan fingerprint density at radius 1 is 1.25 bits per heavy atom. The second kappa shape index (κ2) is 5.19. The molecule has 0 aliphatic heterocycles. The second-order valence-corrected chi connectivity index (χ2v) is 4.11. The van der Waals surface area contributed by atoms with E-state index in [4.69, 9.17) is 16.0 Å². The van der Waals surface area contributed by atoms with Crippen molar-refractivity contribution in [1.29, 1.82) is 0 Å². The molecule has 1 aromatic heterocycles. The van der Waals surface area contributed by atoms with Crippen LogP contribution >= 0.6 is 11.6 Å². The monoisotopic (exact) mass is 235 g/mol. The van der Waals surface area contributed by atoms with Crippen LogP contribution in [0.15, 0.2) is 47.1 Å². The number of nitrogens with one attached hydrogen (secondary N) is 1. The molecular weight excluding hydrogens is 222 g/mol. The van der Waals surface area contributed by atoms with E-state index < -0.39 is 0 Å². The molecule has 0 saturated heterocycles. The lowest BCUT2D eigenvalue weighted by molar-refractivity contribution is 0.460. The van der Waals surface area contributed by atoms with Crippen molar-refractivity contribution >= 4 is 11.6 Å². The molecule has 0 saturated carbocycles. The molecule has 0 spiro atoms. The summed E-state index contributed by atoms with van der Waals surface area (Å²) in [5, 5.41) is 4.16. The van der Waals surface area contributed by atoms with Crippen molar-refractivity contribution in [2.45, 2.75) is 19.5 Å². The fourth-order valence-electron chi connectivity index (χ4n) is 1.60. The van der Waals surface area contributed by atoms with E-state index in [0.29, 0.717) is 6.54 Å². The highest BCUT2D eigenvalue weighted by molar-refractivity contribution is 6.31. The maximum atomic E-state index is 6.12. The molecule has 0 bridgehead atoms. The van der Waals surface area contributed by atoms with E-state index in [2.05, 4.69) is 12.2 Å². The highest BCUT2D eigenvalue weighted by atomic mass is 35.5. The molecule has 16 heavy (non-hydrogen) atoms. The Kier molecular flexibility index (Phi) is 3.65. The molecule has 1 atom stereocenters. The van der Waals surface area contributed by atoms with Gasteiger partial charge in [0.15, 0.2) is 0 Å². The molecule has 0 aliphatic carbocycles. The van der Waals surface area contributed by atoms with Crippen LogP contribution in [0.4, 0.5) is 0 Å². The summed E-state index contributed by atoms with van der Waals surface area (Å²) in [4.78, 5) is 0. The van der Waals surface area contributed by atoms with Crippen LogP contribution in [0.25, 0.3) is 0 Å². The lowest BCUT2D eigenvalue weighted by Crippen LogP contribution is -2.17. The number of hydrogen-bond acceptors (Lipinski definition) is 2. The summed E-state index contributed by atoms with van der Waals surface area (Å²) >= 11 is 6.12. The Morgan fingerprint density at radius 2 is 2.06 bits per heavy atom. The van der Waals surface area contributed by atoms with Crippen LogP contribution in [-0.4, -0.2) is 0 Å². The Morgan fingerprint density at radius 3 is 2.75 bits per heavy atom. The summed E-state index contributed by atoms with van der Waals surface area (Å²) in [6, 6.07) is 11.9. The first kappa shape index (κ1) is 11.2. The first-order chi connectivity index (χ1) is 7.77. The lowest BCUT2D eigenvalue weighted by Gasteiger charge is -2.14. The van der Waals surface area contributed by atoms with Gasteiger partial charge in [-0.3, -0.25) is 0 Å². The maximum Gasteiger partial charge on any atom is 0.117 e. The van der Waals surface area contributed by atoms with Crippen molar-refractivity contribution in [3.8, 4) is 0 Å². The topological polar surface area (TPSA) is 25.2 Å². The Balaban J connectivity index is 1.98. The van der Waals surface area contributed by atoms with Gasteiger partial charge in [-0.15, -0.1) is 0 Å². The van der Waals surface area contributed by atoms with Gasteiger partial charge in [0.05, 0.1) is 12.8 Å². The third kappa shape index (κ3) is 2.65. The summed E-state index contributed by atoms with van der Waals surface area (Å²) in [7, 11) is 0. The van der Waals surface area contributed by atoms with Crippen LogP contribution in [-0.2, 0) is 6.54 Å².